The molecular weight excluding hydrogens is 228 g/mol. The molecule has 1 heterocycles. The lowest BCUT2D eigenvalue weighted by Crippen LogP contribution is -1.87. The second-order valence-corrected chi connectivity index (χ2v) is 3.29. The van der Waals surface area contributed by atoms with E-state index in [4.69, 9.17) is 21.3 Å². The van der Waals surface area contributed by atoms with Crippen LogP contribution in [0.15, 0.2) is 34.7 Å². The van der Waals surface area contributed by atoms with Crippen molar-refractivity contribution >= 4 is 16.8 Å². The predicted molar refractivity (Wildman–Crippen MR) is 56.8 cm³/mol. The van der Waals surface area contributed by atoms with E-state index >= 15 is 0 Å². The van der Waals surface area contributed by atoms with Crippen molar-refractivity contribution in [3.8, 4) is 17.3 Å². The zero-order valence-corrected chi connectivity index (χ0v) is 8.73. The SMILES string of the molecule is N#Cc1oc(C(=O)Cl)nc1-c1ccccc1. The van der Waals surface area contributed by atoms with Crippen LogP contribution < -0.4 is 0 Å². The molecule has 16 heavy (non-hydrogen) atoms. The van der Waals surface area contributed by atoms with Gasteiger partial charge in [0.05, 0.1) is 0 Å². The van der Waals surface area contributed by atoms with Gasteiger partial charge in [0, 0.05) is 5.56 Å². The van der Waals surface area contributed by atoms with Gasteiger partial charge in [0.25, 0.3) is 5.89 Å². The van der Waals surface area contributed by atoms with Gasteiger partial charge < -0.3 is 4.42 Å². The monoisotopic (exact) mass is 232 g/mol. The number of halogens is 1. The molecule has 0 fully saturated rings. The summed E-state index contributed by atoms with van der Waals surface area (Å²) in [5.74, 6) is -0.285. The lowest BCUT2D eigenvalue weighted by atomic mass is 10.1. The zero-order valence-electron chi connectivity index (χ0n) is 7.98. The van der Waals surface area contributed by atoms with E-state index < -0.39 is 5.24 Å². The molecule has 5 heteroatoms. The fraction of sp³-hybridized carbons (Fsp3) is 0. The van der Waals surface area contributed by atoms with Crippen LogP contribution in [-0.4, -0.2) is 10.2 Å². The van der Waals surface area contributed by atoms with Crippen molar-refractivity contribution in [3.63, 3.8) is 0 Å². The van der Waals surface area contributed by atoms with Crippen LogP contribution in [0.4, 0.5) is 0 Å². The van der Waals surface area contributed by atoms with Crippen LogP contribution in [0.1, 0.15) is 16.4 Å². The van der Waals surface area contributed by atoms with Crippen molar-refractivity contribution in [2.75, 3.05) is 0 Å². The highest BCUT2D eigenvalue weighted by Crippen LogP contribution is 2.23. The highest BCUT2D eigenvalue weighted by atomic mass is 35.5. The second kappa shape index (κ2) is 4.17. The van der Waals surface area contributed by atoms with Gasteiger partial charge >= 0.3 is 5.24 Å². The highest BCUT2D eigenvalue weighted by Gasteiger charge is 2.18. The summed E-state index contributed by atoms with van der Waals surface area (Å²) in [6, 6.07) is 10.8. The van der Waals surface area contributed by atoms with Gasteiger partial charge in [-0.3, -0.25) is 4.79 Å². The number of oxazole rings is 1. The first kappa shape index (κ1) is 10.4. The Kier molecular flexibility index (Phi) is 2.71. The maximum Gasteiger partial charge on any atom is 0.307 e. The molecule has 0 radical (unpaired) electrons. The summed E-state index contributed by atoms with van der Waals surface area (Å²) in [6.45, 7) is 0. The molecule has 0 amide bonds. The minimum atomic E-state index is -0.821. The van der Waals surface area contributed by atoms with Crippen molar-refractivity contribution < 1.29 is 9.21 Å². The summed E-state index contributed by atoms with van der Waals surface area (Å²) in [7, 11) is 0. The van der Waals surface area contributed by atoms with Gasteiger partial charge in [-0.15, -0.1) is 0 Å². The number of hydrogen-bond acceptors (Lipinski definition) is 4. The van der Waals surface area contributed by atoms with Crippen molar-refractivity contribution in [1.82, 2.24) is 4.98 Å². The number of nitrogens with zero attached hydrogens (tertiary/aromatic N) is 2. The molecule has 0 aliphatic carbocycles. The molecule has 1 aromatic heterocycles. The van der Waals surface area contributed by atoms with Crippen LogP contribution in [0, 0.1) is 11.3 Å². The Bertz CT molecular complexity index is 569. The molecule has 0 aliphatic rings. The van der Waals surface area contributed by atoms with E-state index in [1.54, 1.807) is 24.3 Å². The topological polar surface area (TPSA) is 66.9 Å². The molecule has 0 unspecified atom stereocenters. The fourth-order valence-electron chi connectivity index (χ4n) is 1.27. The lowest BCUT2D eigenvalue weighted by Gasteiger charge is -1.93. The van der Waals surface area contributed by atoms with Crippen LogP contribution in [0.5, 0.6) is 0 Å². The Morgan fingerprint density at radius 1 is 1.38 bits per heavy atom. The molecule has 0 saturated carbocycles. The van der Waals surface area contributed by atoms with E-state index in [-0.39, 0.29) is 11.7 Å². The third-order valence-electron chi connectivity index (χ3n) is 1.94. The van der Waals surface area contributed by atoms with Gasteiger partial charge in [0.1, 0.15) is 11.8 Å². The number of benzene rings is 1. The Morgan fingerprint density at radius 3 is 2.62 bits per heavy atom. The third kappa shape index (κ3) is 1.81. The molecule has 4 nitrogen and oxygen atoms in total. The molecule has 2 aromatic rings. The van der Waals surface area contributed by atoms with Crippen LogP contribution in [0.2, 0.25) is 0 Å². The van der Waals surface area contributed by atoms with E-state index in [9.17, 15) is 4.79 Å². The van der Waals surface area contributed by atoms with Crippen LogP contribution in [0.25, 0.3) is 11.3 Å². The summed E-state index contributed by atoms with van der Waals surface area (Å²) < 4.78 is 4.93. The third-order valence-corrected chi connectivity index (χ3v) is 2.11. The van der Waals surface area contributed by atoms with Crippen LogP contribution in [-0.2, 0) is 0 Å². The molecule has 0 aliphatic heterocycles. The smallest absolute Gasteiger partial charge is 0.307 e. The van der Waals surface area contributed by atoms with Gasteiger partial charge in [-0.2, -0.15) is 5.26 Å². The summed E-state index contributed by atoms with van der Waals surface area (Å²) in [6.07, 6.45) is 0. The predicted octanol–water partition coefficient (Wildman–Crippen LogP) is 2.59. The Labute approximate surface area is 96.1 Å². The van der Waals surface area contributed by atoms with Gasteiger partial charge in [-0.1, -0.05) is 30.3 Å². The van der Waals surface area contributed by atoms with E-state index in [1.807, 2.05) is 12.1 Å². The number of rotatable bonds is 2. The Morgan fingerprint density at radius 2 is 2.06 bits per heavy atom. The minimum absolute atomic E-state index is 0.0183. The van der Waals surface area contributed by atoms with E-state index in [0.717, 1.165) is 0 Å². The van der Waals surface area contributed by atoms with Gasteiger partial charge in [-0.25, -0.2) is 4.98 Å². The molecule has 0 spiro atoms. The number of nitriles is 1. The molecule has 0 atom stereocenters. The summed E-state index contributed by atoms with van der Waals surface area (Å²) in [5, 5.41) is 8.02. The van der Waals surface area contributed by atoms with Crippen molar-refractivity contribution in [1.29, 1.82) is 5.26 Å². The van der Waals surface area contributed by atoms with Crippen molar-refractivity contribution in [2.24, 2.45) is 0 Å². The summed E-state index contributed by atoms with van der Waals surface area (Å²) in [4.78, 5) is 14.7. The fourth-order valence-corrected chi connectivity index (χ4v) is 1.35. The van der Waals surface area contributed by atoms with Crippen LogP contribution in [0.3, 0.4) is 0 Å². The quantitative estimate of drug-likeness (QED) is 0.747. The molecule has 0 N–H and O–H groups in total. The zero-order chi connectivity index (χ0) is 11.5. The van der Waals surface area contributed by atoms with Gasteiger partial charge in [0.15, 0.2) is 0 Å². The standard InChI is InChI=1S/C11H5ClN2O2/c12-10(15)11-14-9(8(6-13)16-11)7-4-2-1-3-5-7/h1-5H. The number of aromatic nitrogens is 1. The molecule has 78 valence electrons. The number of hydrogen-bond donors (Lipinski definition) is 0. The second-order valence-electron chi connectivity index (χ2n) is 2.95. The lowest BCUT2D eigenvalue weighted by molar-refractivity contribution is 0.105. The first-order chi connectivity index (χ1) is 7.72. The maximum absolute atomic E-state index is 10.9. The van der Waals surface area contributed by atoms with Gasteiger partial charge in [0.2, 0.25) is 5.76 Å². The minimum Gasteiger partial charge on any atom is -0.421 e. The summed E-state index contributed by atoms with van der Waals surface area (Å²) >= 11 is 5.23. The molecule has 0 bridgehead atoms. The van der Waals surface area contributed by atoms with Crippen molar-refractivity contribution in [2.45, 2.75) is 0 Å². The Balaban J connectivity index is 2.57. The number of carbonyl (C=O) groups is 1. The Hall–Kier alpha value is -2.12. The molecule has 0 saturated heterocycles. The first-order valence-electron chi connectivity index (χ1n) is 4.38. The molecule has 2 rings (SSSR count). The summed E-state index contributed by atoms with van der Waals surface area (Å²) in [5.41, 5.74) is 1.03. The highest BCUT2D eigenvalue weighted by molar-refractivity contribution is 6.67. The average molecular weight is 233 g/mol. The van der Waals surface area contributed by atoms with Crippen LogP contribution >= 0.6 is 11.6 Å². The normalized spacial score (nSPS) is 9.75. The van der Waals surface area contributed by atoms with E-state index in [0.29, 0.717) is 11.3 Å². The average Bonchev–Trinajstić information content (AvgIpc) is 2.74. The van der Waals surface area contributed by atoms with E-state index in [2.05, 4.69) is 4.98 Å². The van der Waals surface area contributed by atoms with Gasteiger partial charge in [-0.05, 0) is 11.6 Å². The molecular formula is C11H5ClN2O2. The number of carbonyl (C=O) groups excluding carboxylic acids is 1. The first-order valence-corrected chi connectivity index (χ1v) is 4.76. The maximum atomic E-state index is 10.9. The van der Waals surface area contributed by atoms with E-state index in [1.165, 1.54) is 0 Å². The molecule has 1 aromatic carbocycles. The van der Waals surface area contributed by atoms with Crippen molar-refractivity contribution in [3.05, 3.63) is 42.0 Å². The largest absolute Gasteiger partial charge is 0.421 e.